The van der Waals surface area contributed by atoms with E-state index in [4.69, 9.17) is 0 Å². The zero-order chi connectivity index (χ0) is 14.7. The van der Waals surface area contributed by atoms with E-state index in [1.165, 1.54) is 10.6 Å². The molecule has 0 radical (unpaired) electrons. The first-order valence-corrected chi connectivity index (χ1v) is 8.50. The fourth-order valence-corrected chi connectivity index (χ4v) is 4.06. The summed E-state index contributed by atoms with van der Waals surface area (Å²) in [6.45, 7) is 7.61. The first-order valence-electron chi connectivity index (χ1n) is 7.62. The molecule has 1 aromatic heterocycles. The van der Waals surface area contributed by atoms with Crippen LogP contribution in [0, 0.1) is 0 Å². The lowest BCUT2D eigenvalue weighted by Gasteiger charge is -2.31. The van der Waals surface area contributed by atoms with E-state index in [9.17, 15) is 0 Å². The minimum Gasteiger partial charge on any atom is -0.302 e. The number of rotatable bonds is 5. The molecule has 0 aliphatic carbocycles. The van der Waals surface area contributed by atoms with Gasteiger partial charge in [0.15, 0.2) is 0 Å². The Kier molecular flexibility index (Phi) is 4.38. The van der Waals surface area contributed by atoms with Gasteiger partial charge in [-0.25, -0.2) is 4.98 Å². The van der Waals surface area contributed by atoms with Crippen molar-refractivity contribution in [2.75, 3.05) is 13.1 Å². The largest absolute Gasteiger partial charge is 0.302 e. The van der Waals surface area contributed by atoms with Crippen molar-refractivity contribution < 1.29 is 0 Å². The number of benzene rings is 1. The van der Waals surface area contributed by atoms with Crippen molar-refractivity contribution >= 4 is 11.3 Å². The summed E-state index contributed by atoms with van der Waals surface area (Å²) in [6.07, 6.45) is 3.05. The molecule has 1 N–H and O–H groups in total. The SMILES string of the molecule is CC(C)NC1(c2nccs2)CCN(Cc2ccccc2)C1. The van der Waals surface area contributed by atoms with Crippen molar-refractivity contribution in [1.82, 2.24) is 15.2 Å². The number of nitrogens with one attached hydrogen (secondary N) is 1. The van der Waals surface area contributed by atoms with E-state index in [0.717, 1.165) is 26.1 Å². The summed E-state index contributed by atoms with van der Waals surface area (Å²) in [5.74, 6) is 0. The lowest BCUT2D eigenvalue weighted by atomic mass is 9.98. The number of hydrogen-bond acceptors (Lipinski definition) is 4. The van der Waals surface area contributed by atoms with Gasteiger partial charge in [0.2, 0.25) is 0 Å². The minimum atomic E-state index is 0.0249. The van der Waals surface area contributed by atoms with Gasteiger partial charge in [-0.15, -0.1) is 11.3 Å². The van der Waals surface area contributed by atoms with Gasteiger partial charge >= 0.3 is 0 Å². The Balaban J connectivity index is 1.75. The Labute approximate surface area is 131 Å². The predicted octanol–water partition coefficient (Wildman–Crippen LogP) is 3.24. The summed E-state index contributed by atoms with van der Waals surface area (Å²) in [4.78, 5) is 7.13. The Bertz CT molecular complexity index is 553. The zero-order valence-electron chi connectivity index (χ0n) is 12.7. The van der Waals surface area contributed by atoms with Gasteiger partial charge in [0, 0.05) is 37.3 Å². The molecular formula is C17H23N3S. The summed E-state index contributed by atoms with van der Waals surface area (Å²) in [6, 6.07) is 11.2. The van der Waals surface area contributed by atoms with Crippen LogP contribution in [0.4, 0.5) is 0 Å². The number of hydrogen-bond donors (Lipinski definition) is 1. The Morgan fingerprint density at radius 2 is 2.14 bits per heavy atom. The summed E-state index contributed by atoms with van der Waals surface area (Å²) in [7, 11) is 0. The van der Waals surface area contributed by atoms with Crippen molar-refractivity contribution in [3.63, 3.8) is 0 Å². The highest BCUT2D eigenvalue weighted by Crippen LogP contribution is 2.34. The first-order chi connectivity index (χ1) is 10.2. The standard InChI is InChI=1S/C17H23N3S/c1-14(2)19-17(16-18-9-11-21-16)8-10-20(13-17)12-15-6-4-3-5-7-15/h3-7,9,11,14,19H,8,10,12-13H2,1-2H3. The molecular weight excluding hydrogens is 278 g/mol. The number of nitrogens with zero attached hydrogens (tertiary/aromatic N) is 2. The lowest BCUT2D eigenvalue weighted by molar-refractivity contribution is 0.263. The van der Waals surface area contributed by atoms with Gasteiger partial charge in [-0.2, -0.15) is 0 Å². The highest BCUT2D eigenvalue weighted by Gasteiger charge is 2.41. The molecule has 1 unspecified atom stereocenters. The summed E-state index contributed by atoms with van der Waals surface area (Å²) >= 11 is 1.77. The second kappa shape index (κ2) is 6.26. The number of likely N-dealkylation sites (tertiary alicyclic amines) is 1. The molecule has 2 aromatic rings. The molecule has 3 nitrogen and oxygen atoms in total. The van der Waals surface area contributed by atoms with Crippen LogP contribution in [0.2, 0.25) is 0 Å². The average molecular weight is 301 g/mol. The molecule has 21 heavy (non-hydrogen) atoms. The molecule has 1 saturated heterocycles. The smallest absolute Gasteiger partial charge is 0.114 e. The van der Waals surface area contributed by atoms with E-state index in [-0.39, 0.29) is 5.54 Å². The second-order valence-corrected chi connectivity index (χ2v) is 7.06. The van der Waals surface area contributed by atoms with Gasteiger partial charge in [-0.1, -0.05) is 30.3 Å². The van der Waals surface area contributed by atoms with Crippen molar-refractivity contribution in [1.29, 1.82) is 0 Å². The normalized spacial score (nSPS) is 23.0. The summed E-state index contributed by atoms with van der Waals surface area (Å²) < 4.78 is 0. The zero-order valence-corrected chi connectivity index (χ0v) is 13.6. The van der Waals surface area contributed by atoms with E-state index in [1.54, 1.807) is 11.3 Å². The Hall–Kier alpha value is -1.23. The van der Waals surface area contributed by atoms with Crippen LogP contribution in [-0.2, 0) is 12.1 Å². The molecule has 1 fully saturated rings. The molecule has 3 rings (SSSR count). The van der Waals surface area contributed by atoms with Gasteiger partial charge in [0.05, 0.1) is 5.54 Å². The fourth-order valence-electron chi connectivity index (χ4n) is 3.23. The molecule has 0 bridgehead atoms. The van der Waals surface area contributed by atoms with Gasteiger partial charge in [0.25, 0.3) is 0 Å². The van der Waals surface area contributed by atoms with Crippen LogP contribution in [0.1, 0.15) is 30.8 Å². The van der Waals surface area contributed by atoms with E-state index in [2.05, 4.69) is 64.8 Å². The highest BCUT2D eigenvalue weighted by molar-refractivity contribution is 7.09. The molecule has 1 aromatic carbocycles. The summed E-state index contributed by atoms with van der Waals surface area (Å²) in [5.41, 5.74) is 1.41. The highest BCUT2D eigenvalue weighted by atomic mass is 32.1. The lowest BCUT2D eigenvalue weighted by Crippen LogP contribution is -2.47. The number of aromatic nitrogens is 1. The fraction of sp³-hybridized carbons (Fsp3) is 0.471. The molecule has 112 valence electrons. The van der Waals surface area contributed by atoms with Gasteiger partial charge < -0.3 is 5.32 Å². The molecule has 4 heteroatoms. The van der Waals surface area contributed by atoms with Crippen LogP contribution in [0.3, 0.4) is 0 Å². The van der Waals surface area contributed by atoms with Crippen LogP contribution < -0.4 is 5.32 Å². The molecule has 0 amide bonds. The summed E-state index contributed by atoms with van der Waals surface area (Å²) in [5, 5.41) is 7.09. The molecule has 0 spiro atoms. The van der Waals surface area contributed by atoms with Crippen molar-refractivity contribution in [2.24, 2.45) is 0 Å². The number of thiazole rings is 1. The Morgan fingerprint density at radius 3 is 2.81 bits per heavy atom. The molecule has 1 atom stereocenters. The first kappa shape index (κ1) is 14.7. The molecule has 1 aliphatic heterocycles. The van der Waals surface area contributed by atoms with Crippen LogP contribution >= 0.6 is 11.3 Å². The molecule has 0 saturated carbocycles. The van der Waals surface area contributed by atoms with Crippen LogP contribution in [0.15, 0.2) is 41.9 Å². The predicted molar refractivity (Wildman–Crippen MR) is 88.4 cm³/mol. The third-order valence-corrected chi connectivity index (χ3v) is 4.98. The van der Waals surface area contributed by atoms with E-state index >= 15 is 0 Å². The minimum absolute atomic E-state index is 0.0249. The van der Waals surface area contributed by atoms with Crippen LogP contribution in [0.5, 0.6) is 0 Å². The van der Waals surface area contributed by atoms with E-state index in [1.807, 2.05) is 6.20 Å². The molecule has 1 aliphatic rings. The maximum Gasteiger partial charge on any atom is 0.114 e. The van der Waals surface area contributed by atoms with Crippen LogP contribution in [-0.4, -0.2) is 29.0 Å². The molecule has 2 heterocycles. The van der Waals surface area contributed by atoms with E-state index < -0.39 is 0 Å². The Morgan fingerprint density at radius 1 is 1.33 bits per heavy atom. The van der Waals surface area contributed by atoms with E-state index in [0.29, 0.717) is 6.04 Å². The van der Waals surface area contributed by atoms with Crippen molar-refractivity contribution in [3.8, 4) is 0 Å². The maximum absolute atomic E-state index is 4.59. The van der Waals surface area contributed by atoms with Crippen LogP contribution in [0.25, 0.3) is 0 Å². The quantitative estimate of drug-likeness (QED) is 0.919. The van der Waals surface area contributed by atoms with Crippen molar-refractivity contribution in [3.05, 3.63) is 52.5 Å². The van der Waals surface area contributed by atoms with Gasteiger partial charge in [-0.05, 0) is 25.8 Å². The topological polar surface area (TPSA) is 28.2 Å². The van der Waals surface area contributed by atoms with Crippen molar-refractivity contribution in [2.45, 2.75) is 38.4 Å². The average Bonchev–Trinajstić information content (AvgIpc) is 3.10. The third kappa shape index (κ3) is 3.34. The third-order valence-electron chi connectivity index (χ3n) is 4.00. The monoisotopic (exact) mass is 301 g/mol. The second-order valence-electron chi connectivity index (χ2n) is 6.16. The van der Waals surface area contributed by atoms with Gasteiger partial charge in [-0.3, -0.25) is 4.90 Å². The van der Waals surface area contributed by atoms with Gasteiger partial charge in [0.1, 0.15) is 5.01 Å². The maximum atomic E-state index is 4.59.